The molecule has 0 unspecified atom stereocenters. The van der Waals surface area contributed by atoms with Crippen LogP contribution in [0.15, 0.2) is 4.99 Å². The van der Waals surface area contributed by atoms with Crippen LogP contribution < -0.4 is 11.1 Å². The quantitative estimate of drug-likeness (QED) is 0.246. The number of hydrogen-bond acceptors (Lipinski definition) is 3. The fraction of sp³-hybridized carbons (Fsp3) is 0.923. The number of nitrogens with one attached hydrogen (secondary N) is 1. The molecule has 6 heteroatoms. The van der Waals surface area contributed by atoms with Gasteiger partial charge in [0.2, 0.25) is 0 Å². The van der Waals surface area contributed by atoms with Gasteiger partial charge in [-0.25, -0.2) is 0 Å². The van der Waals surface area contributed by atoms with Crippen LogP contribution in [0.1, 0.15) is 33.6 Å². The van der Waals surface area contributed by atoms with Crippen LogP contribution in [0.4, 0.5) is 0 Å². The van der Waals surface area contributed by atoms with Crippen molar-refractivity contribution < 1.29 is 9.47 Å². The molecule has 0 amide bonds. The van der Waals surface area contributed by atoms with Crippen molar-refractivity contribution in [2.24, 2.45) is 16.6 Å². The maximum atomic E-state index is 5.68. The minimum absolute atomic E-state index is 0. The topological polar surface area (TPSA) is 68.9 Å². The first kappa shape index (κ1) is 21.2. The summed E-state index contributed by atoms with van der Waals surface area (Å²) >= 11 is 0. The van der Waals surface area contributed by atoms with Gasteiger partial charge in [-0.05, 0) is 12.3 Å². The van der Waals surface area contributed by atoms with Crippen LogP contribution in [-0.2, 0) is 9.47 Å². The summed E-state index contributed by atoms with van der Waals surface area (Å²) in [6, 6.07) is 0. The first-order valence-electron chi connectivity index (χ1n) is 6.86. The molecule has 0 aliphatic heterocycles. The minimum Gasteiger partial charge on any atom is -0.379 e. The number of rotatable bonds is 11. The summed E-state index contributed by atoms with van der Waals surface area (Å²) in [7, 11) is 0. The Labute approximate surface area is 134 Å². The highest BCUT2D eigenvalue weighted by Gasteiger charge is 1.94. The first-order valence-corrected chi connectivity index (χ1v) is 6.86. The van der Waals surface area contributed by atoms with Gasteiger partial charge in [-0.1, -0.05) is 27.2 Å². The molecule has 116 valence electrons. The molecule has 0 saturated carbocycles. The summed E-state index contributed by atoms with van der Waals surface area (Å²) in [5.74, 6) is 1.02. The van der Waals surface area contributed by atoms with Crippen molar-refractivity contribution in [3.05, 3.63) is 0 Å². The molecule has 0 heterocycles. The van der Waals surface area contributed by atoms with Crippen molar-refractivity contribution in [1.29, 1.82) is 0 Å². The largest absolute Gasteiger partial charge is 0.379 e. The second kappa shape index (κ2) is 16.0. The van der Waals surface area contributed by atoms with Gasteiger partial charge in [0.05, 0.1) is 19.8 Å². The summed E-state index contributed by atoms with van der Waals surface area (Å²) in [6.45, 7) is 10.5. The van der Waals surface area contributed by atoms with E-state index in [1.807, 2.05) is 0 Å². The van der Waals surface area contributed by atoms with Crippen molar-refractivity contribution >= 4 is 29.9 Å². The number of nitrogens with zero attached hydrogens (tertiary/aromatic N) is 1. The zero-order valence-corrected chi connectivity index (χ0v) is 14.8. The Morgan fingerprint density at radius 1 is 1.16 bits per heavy atom. The van der Waals surface area contributed by atoms with Gasteiger partial charge >= 0.3 is 0 Å². The van der Waals surface area contributed by atoms with E-state index in [1.54, 1.807) is 0 Å². The van der Waals surface area contributed by atoms with E-state index in [0.29, 0.717) is 38.2 Å². The molecule has 0 aromatic rings. The normalized spacial score (nSPS) is 11.5. The third-order valence-electron chi connectivity index (χ3n) is 2.19. The maximum absolute atomic E-state index is 5.68. The number of ether oxygens (including phenoxy) is 2. The van der Waals surface area contributed by atoms with Gasteiger partial charge in [0.15, 0.2) is 5.96 Å². The average Bonchev–Trinajstić information content (AvgIpc) is 2.34. The average molecular weight is 387 g/mol. The molecule has 0 fully saturated rings. The lowest BCUT2D eigenvalue weighted by molar-refractivity contribution is 0.0487. The molecule has 0 atom stereocenters. The number of unbranched alkanes of at least 4 members (excludes halogenated alkanes) is 1. The molecule has 0 radical (unpaired) electrons. The molecule has 0 aromatic heterocycles. The molecule has 0 aliphatic carbocycles. The van der Waals surface area contributed by atoms with Crippen molar-refractivity contribution in [2.75, 3.05) is 39.5 Å². The molecule has 0 saturated heterocycles. The van der Waals surface area contributed by atoms with Crippen LogP contribution >= 0.6 is 24.0 Å². The Morgan fingerprint density at radius 3 is 2.37 bits per heavy atom. The molecule has 0 bridgehead atoms. The number of nitrogens with two attached hydrogens (primary N) is 1. The third-order valence-corrected chi connectivity index (χ3v) is 2.19. The van der Waals surface area contributed by atoms with Crippen molar-refractivity contribution in [2.45, 2.75) is 33.6 Å². The van der Waals surface area contributed by atoms with Crippen molar-refractivity contribution in [3.63, 3.8) is 0 Å². The van der Waals surface area contributed by atoms with Gasteiger partial charge in [-0.15, -0.1) is 24.0 Å². The zero-order valence-electron chi connectivity index (χ0n) is 12.5. The molecule has 0 spiro atoms. The second-order valence-electron chi connectivity index (χ2n) is 4.62. The number of guanidine groups is 1. The summed E-state index contributed by atoms with van der Waals surface area (Å²) in [4.78, 5) is 4.19. The lowest BCUT2D eigenvalue weighted by Gasteiger charge is -2.08. The Balaban J connectivity index is 0. The lowest BCUT2D eigenvalue weighted by atomic mass is 10.2. The fourth-order valence-corrected chi connectivity index (χ4v) is 1.16. The lowest BCUT2D eigenvalue weighted by Crippen LogP contribution is -2.34. The van der Waals surface area contributed by atoms with Crippen LogP contribution in [0.3, 0.4) is 0 Å². The van der Waals surface area contributed by atoms with E-state index in [0.717, 1.165) is 19.6 Å². The Bertz CT molecular complexity index is 214. The monoisotopic (exact) mass is 387 g/mol. The van der Waals surface area contributed by atoms with Crippen LogP contribution in [0.2, 0.25) is 0 Å². The van der Waals surface area contributed by atoms with Crippen LogP contribution in [0.25, 0.3) is 0 Å². The van der Waals surface area contributed by atoms with Gasteiger partial charge in [0, 0.05) is 19.7 Å². The summed E-state index contributed by atoms with van der Waals surface area (Å²) in [5.41, 5.74) is 5.68. The van der Waals surface area contributed by atoms with E-state index in [2.05, 4.69) is 31.1 Å². The molecule has 5 nitrogen and oxygen atoms in total. The summed E-state index contributed by atoms with van der Waals surface area (Å²) in [5, 5.41) is 3.01. The highest BCUT2D eigenvalue weighted by Crippen LogP contribution is 1.90. The van der Waals surface area contributed by atoms with Gasteiger partial charge in [0.1, 0.15) is 0 Å². The zero-order chi connectivity index (χ0) is 13.6. The molecule has 19 heavy (non-hydrogen) atoms. The van der Waals surface area contributed by atoms with Crippen LogP contribution in [0.5, 0.6) is 0 Å². The van der Waals surface area contributed by atoms with E-state index in [1.165, 1.54) is 6.42 Å². The predicted octanol–water partition coefficient (Wildman–Crippen LogP) is 2.00. The highest BCUT2D eigenvalue weighted by atomic mass is 127. The van der Waals surface area contributed by atoms with Crippen LogP contribution in [-0.4, -0.2) is 45.5 Å². The van der Waals surface area contributed by atoms with E-state index >= 15 is 0 Å². The molecule has 0 rings (SSSR count). The first-order chi connectivity index (χ1) is 8.66. The maximum Gasteiger partial charge on any atom is 0.188 e. The summed E-state index contributed by atoms with van der Waals surface area (Å²) < 4.78 is 10.8. The van der Waals surface area contributed by atoms with Crippen molar-refractivity contribution in [3.8, 4) is 0 Å². The molecular weight excluding hydrogens is 357 g/mol. The van der Waals surface area contributed by atoms with Crippen LogP contribution in [0, 0.1) is 5.92 Å². The Hall–Kier alpha value is -0.0800. The Morgan fingerprint density at radius 2 is 1.79 bits per heavy atom. The number of aliphatic imine (C=N–C) groups is 1. The highest BCUT2D eigenvalue weighted by molar-refractivity contribution is 14.0. The number of hydrogen-bond donors (Lipinski definition) is 2. The van der Waals surface area contributed by atoms with Gasteiger partial charge in [-0.3, -0.25) is 4.99 Å². The SMILES string of the molecule is CCCCOCCOCCNC(N)=NCC(C)C.I. The molecule has 3 N–H and O–H groups in total. The standard InChI is InChI=1S/C13H29N3O2.HI/c1-4-5-7-17-9-10-18-8-6-15-13(14)16-11-12(2)3;/h12H,4-11H2,1-3H3,(H3,14,15,16);1H. The van der Waals surface area contributed by atoms with Gasteiger partial charge in [-0.2, -0.15) is 0 Å². The smallest absolute Gasteiger partial charge is 0.188 e. The van der Waals surface area contributed by atoms with E-state index in [4.69, 9.17) is 15.2 Å². The molecule has 0 aliphatic rings. The minimum atomic E-state index is 0. The van der Waals surface area contributed by atoms with Crippen molar-refractivity contribution in [1.82, 2.24) is 5.32 Å². The summed E-state index contributed by atoms with van der Waals surface area (Å²) in [6.07, 6.45) is 2.28. The van der Waals surface area contributed by atoms with E-state index in [9.17, 15) is 0 Å². The van der Waals surface area contributed by atoms with E-state index < -0.39 is 0 Å². The van der Waals surface area contributed by atoms with E-state index in [-0.39, 0.29) is 24.0 Å². The number of halogens is 1. The fourth-order valence-electron chi connectivity index (χ4n) is 1.16. The predicted molar refractivity (Wildman–Crippen MR) is 91.3 cm³/mol. The molecular formula is C13H30IN3O2. The third kappa shape index (κ3) is 17.9. The van der Waals surface area contributed by atoms with Gasteiger partial charge < -0.3 is 20.5 Å². The molecule has 0 aromatic carbocycles. The van der Waals surface area contributed by atoms with Gasteiger partial charge in [0.25, 0.3) is 0 Å². The second-order valence-corrected chi connectivity index (χ2v) is 4.62. The Kier molecular flexibility index (Phi) is 17.8.